The van der Waals surface area contributed by atoms with Crippen molar-refractivity contribution in [1.82, 2.24) is 0 Å². The van der Waals surface area contributed by atoms with Crippen LogP contribution < -0.4 is 4.57 Å². The average Bonchev–Trinajstić information content (AvgIpc) is 2.81. The molecule has 1 aromatic heterocycles. The van der Waals surface area contributed by atoms with Crippen LogP contribution in [0.2, 0.25) is 0 Å². The molecule has 192 valence electrons. The summed E-state index contributed by atoms with van der Waals surface area (Å²) in [6.45, 7) is 3.74. The van der Waals surface area contributed by atoms with E-state index in [4.69, 9.17) is 18.5 Å². The van der Waals surface area contributed by atoms with E-state index in [2.05, 4.69) is 6.92 Å². The first kappa shape index (κ1) is 30.2. The Morgan fingerprint density at radius 3 is 1.94 bits per heavy atom. The van der Waals surface area contributed by atoms with E-state index in [0.29, 0.717) is 19.8 Å². The van der Waals surface area contributed by atoms with Crippen molar-refractivity contribution in [3.63, 3.8) is 0 Å². The van der Waals surface area contributed by atoms with Crippen LogP contribution in [0, 0.1) is 0 Å². The van der Waals surface area contributed by atoms with Gasteiger partial charge in [0.05, 0.1) is 13.2 Å². The highest BCUT2D eigenvalue weighted by atomic mass is 31.2. The topological polar surface area (TPSA) is 78.1 Å². The van der Waals surface area contributed by atoms with E-state index < -0.39 is 13.9 Å². The van der Waals surface area contributed by atoms with Gasteiger partial charge in [-0.2, -0.15) is 0 Å². The lowest BCUT2D eigenvalue weighted by Gasteiger charge is -2.17. The summed E-state index contributed by atoms with van der Waals surface area (Å²) in [7, 11) is -2.58. The Hall–Kier alpha value is -0.820. The van der Waals surface area contributed by atoms with Gasteiger partial charge >= 0.3 is 7.82 Å². The third kappa shape index (κ3) is 18.2. The number of phosphoric ester groups is 1. The van der Waals surface area contributed by atoms with Gasteiger partial charge in [0.2, 0.25) is 0 Å². The van der Waals surface area contributed by atoms with Crippen LogP contribution in [0.1, 0.15) is 84.0 Å². The van der Waals surface area contributed by atoms with Crippen molar-refractivity contribution in [2.24, 2.45) is 0 Å². The predicted molar refractivity (Wildman–Crippen MR) is 131 cm³/mol. The molecule has 0 saturated heterocycles. The summed E-state index contributed by atoms with van der Waals surface area (Å²) in [6.07, 6.45) is 19.0. The summed E-state index contributed by atoms with van der Waals surface area (Å²) < 4.78 is 34.9. The maximum absolute atomic E-state index is 12.0. The normalized spacial score (nSPS) is 14.3. The van der Waals surface area contributed by atoms with Crippen LogP contribution in [-0.2, 0) is 29.6 Å². The number of aromatic nitrogens is 1. The molecule has 1 heterocycles. The van der Waals surface area contributed by atoms with E-state index in [1.807, 2.05) is 35.2 Å². The number of methoxy groups -OCH3 is 1. The van der Waals surface area contributed by atoms with Crippen molar-refractivity contribution in [2.45, 2.75) is 96.6 Å². The summed E-state index contributed by atoms with van der Waals surface area (Å²) in [6, 6.07) is 5.67. The summed E-state index contributed by atoms with van der Waals surface area (Å²) in [5, 5.41) is 0. The first-order valence-electron chi connectivity index (χ1n) is 12.7. The Morgan fingerprint density at radius 1 is 0.788 bits per heavy atom. The second-order valence-corrected chi connectivity index (χ2v) is 9.99. The third-order valence-electron chi connectivity index (χ3n) is 5.58. The molecule has 33 heavy (non-hydrogen) atoms. The second kappa shape index (κ2) is 20.5. The van der Waals surface area contributed by atoms with Crippen LogP contribution in [0.5, 0.6) is 0 Å². The van der Waals surface area contributed by atoms with Crippen LogP contribution in [-0.4, -0.2) is 44.5 Å². The van der Waals surface area contributed by atoms with Gasteiger partial charge in [0.1, 0.15) is 12.7 Å². The average molecular weight is 489 g/mol. The van der Waals surface area contributed by atoms with Gasteiger partial charge in [-0.3, -0.25) is 9.05 Å². The molecule has 7 nitrogen and oxygen atoms in total. The predicted octanol–water partition coefficient (Wildman–Crippen LogP) is 5.84. The van der Waals surface area contributed by atoms with E-state index in [1.54, 1.807) is 0 Å². The quantitative estimate of drug-likeness (QED) is 0.118. The van der Waals surface area contributed by atoms with Crippen LogP contribution in [0.4, 0.5) is 0 Å². The molecule has 0 spiro atoms. The van der Waals surface area contributed by atoms with Gasteiger partial charge in [-0.15, -0.1) is 0 Å². The van der Waals surface area contributed by atoms with Crippen molar-refractivity contribution < 1.29 is 32.5 Å². The van der Waals surface area contributed by atoms with Crippen molar-refractivity contribution >= 4 is 7.82 Å². The minimum Gasteiger partial charge on any atom is -0.379 e. The zero-order valence-electron chi connectivity index (χ0n) is 20.9. The van der Waals surface area contributed by atoms with E-state index >= 15 is 0 Å². The molecule has 0 radical (unpaired) electrons. The van der Waals surface area contributed by atoms with Crippen molar-refractivity contribution in [2.75, 3.05) is 33.5 Å². The lowest BCUT2D eigenvalue weighted by molar-refractivity contribution is -0.697. The van der Waals surface area contributed by atoms with E-state index in [-0.39, 0.29) is 13.2 Å². The van der Waals surface area contributed by atoms with Gasteiger partial charge in [0.25, 0.3) is 0 Å². The fourth-order valence-corrected chi connectivity index (χ4v) is 4.25. The van der Waals surface area contributed by atoms with Crippen LogP contribution in [0.15, 0.2) is 30.6 Å². The van der Waals surface area contributed by atoms with Gasteiger partial charge in [-0.25, -0.2) is 9.13 Å². The van der Waals surface area contributed by atoms with Gasteiger partial charge < -0.3 is 14.4 Å². The molecule has 2 atom stereocenters. The first-order chi connectivity index (χ1) is 16.1. The Morgan fingerprint density at radius 2 is 1.36 bits per heavy atom. The summed E-state index contributed by atoms with van der Waals surface area (Å²) in [5.74, 6) is 0. The Labute approximate surface area is 201 Å². The summed E-state index contributed by atoms with van der Waals surface area (Å²) >= 11 is 0. The van der Waals surface area contributed by atoms with Gasteiger partial charge in [0.15, 0.2) is 18.9 Å². The van der Waals surface area contributed by atoms with Gasteiger partial charge in [0, 0.05) is 25.8 Å². The van der Waals surface area contributed by atoms with Crippen molar-refractivity contribution in [3.05, 3.63) is 30.6 Å². The molecule has 0 amide bonds. The SMILES string of the molecule is CCCCCCCCCCCCCCOCC(COP(=O)(O)OCC[n+]1ccccc1)OC. The largest absolute Gasteiger partial charge is 0.472 e. The number of nitrogens with zero attached hydrogens (tertiary/aromatic N) is 1. The maximum Gasteiger partial charge on any atom is 0.472 e. The molecule has 1 aromatic rings. The lowest BCUT2D eigenvalue weighted by Crippen LogP contribution is -2.34. The molecule has 0 fully saturated rings. The number of hydrogen-bond donors (Lipinski definition) is 1. The van der Waals surface area contributed by atoms with Crippen LogP contribution in [0.25, 0.3) is 0 Å². The molecular formula is C25H47NO6P+. The summed E-state index contributed by atoms with van der Waals surface area (Å²) in [5.41, 5.74) is 0. The number of hydrogen-bond acceptors (Lipinski definition) is 5. The zero-order chi connectivity index (χ0) is 24.0. The minimum absolute atomic E-state index is 0.0544. The Bertz CT molecular complexity index is 604. The maximum atomic E-state index is 12.0. The molecule has 0 bridgehead atoms. The Balaban J connectivity index is 1.96. The molecule has 0 aliphatic rings. The summed E-state index contributed by atoms with van der Waals surface area (Å²) in [4.78, 5) is 9.84. The smallest absolute Gasteiger partial charge is 0.379 e. The zero-order valence-corrected chi connectivity index (χ0v) is 21.8. The highest BCUT2D eigenvalue weighted by molar-refractivity contribution is 7.47. The number of unbranched alkanes of at least 4 members (excludes halogenated alkanes) is 11. The van der Waals surface area contributed by atoms with Crippen molar-refractivity contribution in [3.8, 4) is 0 Å². The monoisotopic (exact) mass is 488 g/mol. The molecule has 1 N–H and O–H groups in total. The van der Waals surface area contributed by atoms with E-state index in [1.165, 1.54) is 77.7 Å². The molecule has 0 saturated carbocycles. The van der Waals surface area contributed by atoms with Gasteiger partial charge in [-0.1, -0.05) is 83.6 Å². The number of phosphoric acid groups is 1. The fourth-order valence-electron chi connectivity index (χ4n) is 3.50. The van der Waals surface area contributed by atoms with E-state index in [9.17, 15) is 9.46 Å². The molecule has 2 unspecified atom stereocenters. The first-order valence-corrected chi connectivity index (χ1v) is 14.2. The highest BCUT2D eigenvalue weighted by Gasteiger charge is 2.24. The highest BCUT2D eigenvalue weighted by Crippen LogP contribution is 2.43. The third-order valence-corrected chi connectivity index (χ3v) is 6.57. The number of ether oxygens (including phenoxy) is 2. The number of pyridine rings is 1. The molecular weight excluding hydrogens is 441 g/mol. The Kier molecular flexibility index (Phi) is 18.8. The fraction of sp³-hybridized carbons (Fsp3) is 0.800. The van der Waals surface area contributed by atoms with E-state index in [0.717, 1.165) is 6.42 Å². The molecule has 0 aromatic carbocycles. The van der Waals surface area contributed by atoms with Crippen LogP contribution in [0.3, 0.4) is 0 Å². The molecule has 0 aliphatic heterocycles. The second-order valence-electron chi connectivity index (χ2n) is 8.53. The minimum atomic E-state index is -4.12. The van der Waals surface area contributed by atoms with Crippen molar-refractivity contribution in [1.29, 1.82) is 0 Å². The molecule has 0 aliphatic carbocycles. The molecule has 1 rings (SSSR count). The lowest BCUT2D eigenvalue weighted by atomic mass is 10.1. The van der Waals surface area contributed by atoms with Gasteiger partial charge in [-0.05, 0) is 6.42 Å². The number of rotatable bonds is 23. The molecule has 8 heteroatoms. The van der Waals surface area contributed by atoms with Crippen LogP contribution >= 0.6 is 7.82 Å². The standard InChI is InChI=1S/C25H46NO6P/c1-3-4-5-6-7-8-9-10-11-12-13-17-21-30-23-25(29-2)24-32-33(27,28)31-22-20-26-18-15-14-16-19-26/h14-16,18-19,25H,3-13,17,20-24H2,1-2H3/p+1.